The van der Waals surface area contributed by atoms with E-state index >= 15 is 0 Å². The van der Waals surface area contributed by atoms with Gasteiger partial charge in [0, 0.05) is 17.8 Å². The molecule has 0 amide bonds. The van der Waals surface area contributed by atoms with Gasteiger partial charge in [-0.1, -0.05) is 11.6 Å². The number of aromatic nitrogens is 2. The minimum atomic E-state index is -0.391. The summed E-state index contributed by atoms with van der Waals surface area (Å²) in [5.41, 5.74) is 2.24. The molecule has 19 heavy (non-hydrogen) atoms. The van der Waals surface area contributed by atoms with Crippen molar-refractivity contribution in [3.05, 3.63) is 40.3 Å². The van der Waals surface area contributed by atoms with E-state index in [0.29, 0.717) is 22.4 Å². The van der Waals surface area contributed by atoms with E-state index in [0.717, 1.165) is 11.1 Å². The fourth-order valence-corrected chi connectivity index (χ4v) is 1.76. The van der Waals surface area contributed by atoms with Crippen molar-refractivity contribution in [2.75, 3.05) is 12.4 Å². The second-order valence-electron chi connectivity index (χ2n) is 4.09. The molecule has 0 aliphatic rings. The van der Waals surface area contributed by atoms with Gasteiger partial charge >= 0.3 is 0 Å². The van der Waals surface area contributed by atoms with Crippen LogP contribution >= 0.6 is 11.6 Å². The standard InChI is InChI=1S/C13H13ClFN3O/c1-7-8(2)13(18-17-12(7)14)16-10-4-9(15)5-11(6-10)19-3/h4-6H,1-3H3,(H,16,18). The number of nitrogens with zero attached hydrogens (tertiary/aromatic N) is 2. The van der Waals surface area contributed by atoms with E-state index in [1.165, 1.54) is 19.2 Å². The van der Waals surface area contributed by atoms with Gasteiger partial charge in [-0.25, -0.2) is 4.39 Å². The SMILES string of the molecule is COc1cc(F)cc(Nc2nnc(Cl)c(C)c2C)c1. The molecule has 0 saturated carbocycles. The Labute approximate surface area is 115 Å². The maximum atomic E-state index is 13.4. The van der Waals surface area contributed by atoms with E-state index in [1.54, 1.807) is 6.07 Å². The molecule has 0 spiro atoms. The monoisotopic (exact) mass is 281 g/mol. The Morgan fingerprint density at radius 2 is 1.89 bits per heavy atom. The van der Waals surface area contributed by atoms with Crippen LogP contribution in [-0.4, -0.2) is 17.3 Å². The molecule has 0 unspecified atom stereocenters. The zero-order chi connectivity index (χ0) is 14.0. The molecule has 0 saturated heterocycles. The Kier molecular flexibility index (Phi) is 3.85. The van der Waals surface area contributed by atoms with Crippen LogP contribution < -0.4 is 10.1 Å². The largest absolute Gasteiger partial charge is 0.497 e. The van der Waals surface area contributed by atoms with Crippen molar-refractivity contribution < 1.29 is 9.13 Å². The second kappa shape index (κ2) is 5.40. The van der Waals surface area contributed by atoms with Gasteiger partial charge in [-0.2, -0.15) is 0 Å². The molecular formula is C13H13ClFN3O. The van der Waals surface area contributed by atoms with Crippen molar-refractivity contribution in [1.29, 1.82) is 0 Å². The maximum Gasteiger partial charge on any atom is 0.156 e. The van der Waals surface area contributed by atoms with E-state index in [4.69, 9.17) is 16.3 Å². The number of hydrogen-bond acceptors (Lipinski definition) is 4. The van der Waals surface area contributed by atoms with Crippen LogP contribution in [0.5, 0.6) is 5.75 Å². The van der Waals surface area contributed by atoms with E-state index < -0.39 is 5.82 Å². The first kappa shape index (κ1) is 13.5. The summed E-state index contributed by atoms with van der Waals surface area (Å²) in [6.45, 7) is 3.72. The summed E-state index contributed by atoms with van der Waals surface area (Å²) < 4.78 is 18.4. The first-order chi connectivity index (χ1) is 9.01. The molecule has 6 heteroatoms. The van der Waals surface area contributed by atoms with Crippen molar-refractivity contribution in [2.45, 2.75) is 13.8 Å². The number of anilines is 2. The van der Waals surface area contributed by atoms with E-state index in [1.807, 2.05) is 13.8 Å². The van der Waals surface area contributed by atoms with E-state index in [9.17, 15) is 4.39 Å². The third kappa shape index (κ3) is 2.93. The van der Waals surface area contributed by atoms with Crippen LogP contribution in [0.25, 0.3) is 0 Å². The molecule has 0 bridgehead atoms. The minimum absolute atomic E-state index is 0.361. The molecule has 1 N–H and O–H groups in total. The smallest absolute Gasteiger partial charge is 0.156 e. The van der Waals surface area contributed by atoms with Gasteiger partial charge in [-0.15, -0.1) is 10.2 Å². The van der Waals surface area contributed by atoms with Crippen molar-refractivity contribution in [1.82, 2.24) is 10.2 Å². The van der Waals surface area contributed by atoms with Gasteiger partial charge in [-0.3, -0.25) is 0 Å². The molecule has 0 radical (unpaired) electrons. The minimum Gasteiger partial charge on any atom is -0.497 e. The summed E-state index contributed by atoms with van der Waals surface area (Å²) in [6, 6.07) is 4.33. The van der Waals surface area contributed by atoms with Gasteiger partial charge in [0.1, 0.15) is 11.6 Å². The topological polar surface area (TPSA) is 47.0 Å². The van der Waals surface area contributed by atoms with Crippen LogP contribution in [0.1, 0.15) is 11.1 Å². The molecule has 0 aliphatic heterocycles. The molecule has 2 aromatic rings. The molecule has 2 rings (SSSR count). The number of nitrogens with one attached hydrogen (secondary N) is 1. The lowest BCUT2D eigenvalue weighted by Crippen LogP contribution is -2.02. The Morgan fingerprint density at radius 1 is 1.16 bits per heavy atom. The molecule has 1 aromatic carbocycles. The van der Waals surface area contributed by atoms with Gasteiger partial charge in [0.15, 0.2) is 11.0 Å². The zero-order valence-electron chi connectivity index (χ0n) is 10.8. The Bertz CT molecular complexity index is 619. The lowest BCUT2D eigenvalue weighted by Gasteiger charge is -2.11. The Hall–Kier alpha value is -1.88. The Morgan fingerprint density at radius 3 is 2.58 bits per heavy atom. The van der Waals surface area contributed by atoms with E-state index in [2.05, 4.69) is 15.5 Å². The van der Waals surface area contributed by atoms with Crippen LogP contribution in [0.4, 0.5) is 15.9 Å². The zero-order valence-corrected chi connectivity index (χ0v) is 11.5. The molecule has 0 atom stereocenters. The van der Waals surface area contributed by atoms with Crippen LogP contribution in [-0.2, 0) is 0 Å². The highest BCUT2D eigenvalue weighted by atomic mass is 35.5. The van der Waals surface area contributed by atoms with Gasteiger partial charge in [0.2, 0.25) is 0 Å². The summed E-state index contributed by atoms with van der Waals surface area (Å²) in [5, 5.41) is 11.2. The number of rotatable bonds is 3. The Balaban J connectivity index is 2.36. The van der Waals surface area contributed by atoms with Gasteiger partial charge in [0.25, 0.3) is 0 Å². The highest BCUT2D eigenvalue weighted by Crippen LogP contribution is 2.26. The molecule has 1 aromatic heterocycles. The second-order valence-corrected chi connectivity index (χ2v) is 4.45. The molecule has 100 valence electrons. The molecular weight excluding hydrogens is 269 g/mol. The third-order valence-electron chi connectivity index (χ3n) is 2.83. The number of methoxy groups -OCH3 is 1. The summed E-state index contributed by atoms with van der Waals surface area (Å²) in [5.74, 6) is 0.575. The first-order valence-electron chi connectivity index (χ1n) is 5.62. The predicted molar refractivity (Wildman–Crippen MR) is 72.8 cm³/mol. The van der Waals surface area contributed by atoms with E-state index in [-0.39, 0.29) is 0 Å². The highest BCUT2D eigenvalue weighted by Gasteiger charge is 2.09. The summed E-state index contributed by atoms with van der Waals surface area (Å²) in [6.07, 6.45) is 0. The first-order valence-corrected chi connectivity index (χ1v) is 6.00. The molecule has 4 nitrogen and oxygen atoms in total. The highest BCUT2D eigenvalue weighted by molar-refractivity contribution is 6.30. The van der Waals surface area contributed by atoms with Crippen molar-refractivity contribution in [3.8, 4) is 5.75 Å². The number of hydrogen-bond donors (Lipinski definition) is 1. The molecule has 1 heterocycles. The average Bonchev–Trinajstić information content (AvgIpc) is 2.39. The average molecular weight is 282 g/mol. The fraction of sp³-hybridized carbons (Fsp3) is 0.231. The normalized spacial score (nSPS) is 10.4. The van der Waals surface area contributed by atoms with Crippen molar-refractivity contribution >= 4 is 23.1 Å². The predicted octanol–water partition coefficient (Wildman–Crippen LogP) is 3.64. The van der Waals surface area contributed by atoms with Crippen LogP contribution in [0.3, 0.4) is 0 Å². The van der Waals surface area contributed by atoms with Crippen molar-refractivity contribution in [2.24, 2.45) is 0 Å². The third-order valence-corrected chi connectivity index (χ3v) is 3.19. The number of benzene rings is 1. The molecule has 0 aliphatic carbocycles. The fourth-order valence-electron chi connectivity index (χ4n) is 1.58. The van der Waals surface area contributed by atoms with Crippen LogP contribution in [0.2, 0.25) is 5.15 Å². The van der Waals surface area contributed by atoms with Crippen molar-refractivity contribution in [3.63, 3.8) is 0 Å². The maximum absolute atomic E-state index is 13.4. The molecule has 0 fully saturated rings. The summed E-state index contributed by atoms with van der Waals surface area (Å²) in [7, 11) is 1.48. The van der Waals surface area contributed by atoms with Crippen LogP contribution in [0, 0.1) is 19.7 Å². The lowest BCUT2D eigenvalue weighted by atomic mass is 10.2. The van der Waals surface area contributed by atoms with Gasteiger partial charge in [0.05, 0.1) is 7.11 Å². The summed E-state index contributed by atoms with van der Waals surface area (Å²) >= 11 is 5.88. The summed E-state index contributed by atoms with van der Waals surface area (Å²) in [4.78, 5) is 0. The van der Waals surface area contributed by atoms with Gasteiger partial charge in [-0.05, 0) is 31.0 Å². The number of halogens is 2. The van der Waals surface area contributed by atoms with Gasteiger partial charge < -0.3 is 10.1 Å². The number of ether oxygens (including phenoxy) is 1. The lowest BCUT2D eigenvalue weighted by molar-refractivity contribution is 0.411. The quantitative estimate of drug-likeness (QED) is 0.933. The van der Waals surface area contributed by atoms with Crippen LogP contribution in [0.15, 0.2) is 18.2 Å².